The molecule has 0 aromatic heterocycles. The third-order valence-corrected chi connectivity index (χ3v) is 8.35. The molecule has 0 saturated carbocycles. The third kappa shape index (κ3) is 30.4. The molecule has 0 aliphatic heterocycles. The lowest BCUT2D eigenvalue weighted by Crippen LogP contribution is -2.48. The van der Waals surface area contributed by atoms with E-state index in [1.807, 2.05) is 0 Å². The monoisotopic (exact) mass is 620 g/mol. The molecule has 0 heterocycles. The van der Waals surface area contributed by atoms with Crippen molar-refractivity contribution >= 4 is 11.9 Å². The van der Waals surface area contributed by atoms with Crippen LogP contribution in [0.15, 0.2) is 24.3 Å². The standard InChI is InChI=1S/C39H73NO4/c1-4-7-9-11-13-15-17-19-21-23-25-27-29-31-33-35-37(41)43-39(40,6-3)44-38(42)36-34-32-30-28-26-24-22-20-18-16-14-12-10-8-5-2/h19-22H,4-18,23-36,40H2,1-3H3/b21-19-,22-20-. The molecule has 2 N–H and O–H groups in total. The first-order valence-electron chi connectivity index (χ1n) is 19.0. The van der Waals surface area contributed by atoms with Crippen LogP contribution in [0.1, 0.15) is 207 Å². The molecule has 0 rings (SSSR count). The van der Waals surface area contributed by atoms with E-state index in [1.165, 1.54) is 116 Å². The van der Waals surface area contributed by atoms with Crippen LogP contribution in [0.25, 0.3) is 0 Å². The lowest BCUT2D eigenvalue weighted by Gasteiger charge is -2.27. The molecule has 5 nitrogen and oxygen atoms in total. The minimum atomic E-state index is -1.65. The molecule has 0 saturated heterocycles. The zero-order valence-corrected chi connectivity index (χ0v) is 29.5. The summed E-state index contributed by atoms with van der Waals surface area (Å²) in [6.07, 6.45) is 41.7. The second kappa shape index (κ2) is 32.8. The molecule has 0 aliphatic carbocycles. The molecule has 0 bridgehead atoms. The van der Waals surface area contributed by atoms with E-state index in [-0.39, 0.29) is 18.4 Å². The summed E-state index contributed by atoms with van der Waals surface area (Å²) in [6, 6.07) is 0. The van der Waals surface area contributed by atoms with Gasteiger partial charge in [0.1, 0.15) is 0 Å². The van der Waals surface area contributed by atoms with Gasteiger partial charge in [-0.05, 0) is 64.2 Å². The molecule has 0 aromatic carbocycles. The van der Waals surface area contributed by atoms with E-state index in [4.69, 9.17) is 15.2 Å². The summed E-state index contributed by atoms with van der Waals surface area (Å²) in [6.45, 7) is 6.29. The van der Waals surface area contributed by atoms with Gasteiger partial charge in [-0.1, -0.05) is 148 Å². The molecule has 44 heavy (non-hydrogen) atoms. The van der Waals surface area contributed by atoms with Gasteiger partial charge in [-0.2, -0.15) is 0 Å². The molecule has 0 aliphatic rings. The van der Waals surface area contributed by atoms with Crippen molar-refractivity contribution in [2.75, 3.05) is 0 Å². The van der Waals surface area contributed by atoms with Crippen LogP contribution in [0.5, 0.6) is 0 Å². The minimum absolute atomic E-state index is 0.239. The van der Waals surface area contributed by atoms with Crippen LogP contribution >= 0.6 is 0 Å². The molecule has 0 aromatic rings. The Hall–Kier alpha value is -1.62. The van der Waals surface area contributed by atoms with Crippen LogP contribution in [0.4, 0.5) is 0 Å². The first kappa shape index (κ1) is 42.4. The highest BCUT2D eigenvalue weighted by molar-refractivity contribution is 5.71. The molecular formula is C39H73NO4. The van der Waals surface area contributed by atoms with E-state index in [0.717, 1.165) is 51.4 Å². The number of ether oxygens (including phenoxy) is 2. The number of esters is 2. The van der Waals surface area contributed by atoms with Gasteiger partial charge in [-0.3, -0.25) is 15.3 Å². The number of nitrogens with two attached hydrogens (primary N) is 1. The van der Waals surface area contributed by atoms with Crippen molar-refractivity contribution in [3.63, 3.8) is 0 Å². The van der Waals surface area contributed by atoms with E-state index < -0.39 is 5.91 Å². The van der Waals surface area contributed by atoms with Crippen molar-refractivity contribution in [3.8, 4) is 0 Å². The number of rotatable bonds is 33. The van der Waals surface area contributed by atoms with Crippen LogP contribution in [0.3, 0.4) is 0 Å². The predicted molar refractivity (Wildman–Crippen MR) is 188 cm³/mol. The lowest BCUT2D eigenvalue weighted by atomic mass is 10.1. The fourth-order valence-corrected chi connectivity index (χ4v) is 5.33. The topological polar surface area (TPSA) is 78.6 Å². The quantitative estimate of drug-likeness (QED) is 0.0342. The first-order chi connectivity index (χ1) is 21.5. The number of hydrogen-bond donors (Lipinski definition) is 1. The summed E-state index contributed by atoms with van der Waals surface area (Å²) in [4.78, 5) is 24.7. The van der Waals surface area contributed by atoms with Crippen LogP contribution in [0.2, 0.25) is 0 Å². The van der Waals surface area contributed by atoms with Gasteiger partial charge in [0.15, 0.2) is 0 Å². The molecule has 5 heteroatoms. The Balaban J connectivity index is 3.73. The van der Waals surface area contributed by atoms with Gasteiger partial charge < -0.3 is 9.47 Å². The number of allylic oxidation sites excluding steroid dienone is 4. The van der Waals surface area contributed by atoms with Crippen molar-refractivity contribution in [3.05, 3.63) is 24.3 Å². The van der Waals surface area contributed by atoms with Gasteiger partial charge in [0.05, 0.1) is 0 Å². The maximum Gasteiger partial charge on any atom is 0.315 e. The number of hydrogen-bond acceptors (Lipinski definition) is 5. The summed E-state index contributed by atoms with van der Waals surface area (Å²) in [5, 5.41) is 0. The number of carbonyl (C=O) groups is 2. The molecule has 0 spiro atoms. The highest BCUT2D eigenvalue weighted by atomic mass is 16.7. The van der Waals surface area contributed by atoms with E-state index >= 15 is 0 Å². The fourth-order valence-electron chi connectivity index (χ4n) is 5.33. The largest absolute Gasteiger partial charge is 0.409 e. The Morgan fingerprint density at radius 3 is 1.02 bits per heavy atom. The van der Waals surface area contributed by atoms with Crippen LogP contribution in [-0.2, 0) is 19.1 Å². The maximum atomic E-state index is 12.3. The molecule has 0 radical (unpaired) electrons. The fraction of sp³-hybridized carbons (Fsp3) is 0.846. The summed E-state index contributed by atoms with van der Waals surface area (Å²) in [5.74, 6) is -2.43. The lowest BCUT2D eigenvalue weighted by molar-refractivity contribution is -0.228. The summed E-state index contributed by atoms with van der Waals surface area (Å²) >= 11 is 0. The summed E-state index contributed by atoms with van der Waals surface area (Å²) < 4.78 is 10.8. The number of carbonyl (C=O) groups excluding carboxylic acids is 2. The van der Waals surface area contributed by atoms with Gasteiger partial charge in [-0.25, -0.2) is 0 Å². The molecule has 258 valence electrons. The second-order valence-corrected chi connectivity index (χ2v) is 12.8. The van der Waals surface area contributed by atoms with Crippen LogP contribution in [-0.4, -0.2) is 17.8 Å². The Morgan fingerprint density at radius 2 is 0.727 bits per heavy atom. The van der Waals surface area contributed by atoms with Gasteiger partial charge in [0, 0.05) is 19.3 Å². The van der Waals surface area contributed by atoms with E-state index in [0.29, 0.717) is 12.8 Å². The molecule has 0 atom stereocenters. The van der Waals surface area contributed by atoms with E-state index in [2.05, 4.69) is 38.2 Å². The highest BCUT2D eigenvalue weighted by Crippen LogP contribution is 2.17. The van der Waals surface area contributed by atoms with Gasteiger partial charge in [-0.15, -0.1) is 0 Å². The van der Waals surface area contributed by atoms with Crippen molar-refractivity contribution < 1.29 is 19.1 Å². The Labute approximate surface area is 273 Å². The molecule has 0 unspecified atom stereocenters. The molecule has 0 amide bonds. The van der Waals surface area contributed by atoms with Crippen LogP contribution in [0, 0.1) is 0 Å². The summed E-state index contributed by atoms with van der Waals surface area (Å²) in [7, 11) is 0. The molecule has 0 fully saturated rings. The van der Waals surface area contributed by atoms with E-state index in [9.17, 15) is 9.59 Å². The van der Waals surface area contributed by atoms with Gasteiger partial charge in [0.25, 0.3) is 0 Å². The third-order valence-electron chi connectivity index (χ3n) is 8.35. The number of unbranched alkanes of at least 4 members (excludes halogenated alkanes) is 22. The van der Waals surface area contributed by atoms with Gasteiger partial charge >= 0.3 is 17.8 Å². The van der Waals surface area contributed by atoms with Gasteiger partial charge in [0.2, 0.25) is 0 Å². The Bertz CT molecular complexity index is 648. The average Bonchev–Trinajstić information content (AvgIpc) is 3.01. The average molecular weight is 620 g/mol. The normalized spacial score (nSPS) is 12.0. The minimum Gasteiger partial charge on any atom is -0.409 e. The van der Waals surface area contributed by atoms with Crippen molar-refractivity contribution in [1.82, 2.24) is 0 Å². The van der Waals surface area contributed by atoms with Crippen molar-refractivity contribution in [2.24, 2.45) is 5.73 Å². The zero-order chi connectivity index (χ0) is 32.4. The van der Waals surface area contributed by atoms with Crippen LogP contribution < -0.4 is 5.73 Å². The second-order valence-electron chi connectivity index (χ2n) is 12.8. The predicted octanol–water partition coefficient (Wildman–Crippen LogP) is 12.2. The first-order valence-corrected chi connectivity index (χ1v) is 19.0. The van der Waals surface area contributed by atoms with Crippen molar-refractivity contribution in [2.45, 2.75) is 213 Å². The Morgan fingerprint density at radius 1 is 0.455 bits per heavy atom. The Kier molecular flexibility index (Phi) is 31.6. The summed E-state index contributed by atoms with van der Waals surface area (Å²) in [5.41, 5.74) is 6.11. The van der Waals surface area contributed by atoms with Crippen molar-refractivity contribution in [1.29, 1.82) is 0 Å². The SMILES string of the molecule is CCCCCCCC/C=C\CCCCCCCC(=O)OC(N)(CC)OC(=O)CCCCCCC/C=C\CCCCCCCC. The molecular weight excluding hydrogens is 546 g/mol. The smallest absolute Gasteiger partial charge is 0.315 e. The highest BCUT2D eigenvalue weighted by Gasteiger charge is 2.31. The maximum absolute atomic E-state index is 12.3. The van der Waals surface area contributed by atoms with E-state index in [1.54, 1.807) is 6.92 Å². The zero-order valence-electron chi connectivity index (χ0n) is 29.5.